The lowest BCUT2D eigenvalue weighted by Crippen LogP contribution is -2.40. The monoisotopic (exact) mass is 666 g/mol. The number of amides is 1. The number of aryl methyl sites for hydroxylation is 1. The largest absolute Gasteiger partial charge is 0.481 e. The van der Waals surface area contributed by atoms with Gasteiger partial charge >= 0.3 is 11.9 Å². The number of hydrogen-bond acceptors (Lipinski definition) is 9. The molecule has 244 valence electrons. The van der Waals surface area contributed by atoms with Crippen LogP contribution in [0.15, 0.2) is 83.7 Å². The zero-order valence-corrected chi connectivity index (χ0v) is 26.7. The molecule has 0 spiro atoms. The molecule has 6 rings (SSSR count). The van der Waals surface area contributed by atoms with Crippen LogP contribution in [0.3, 0.4) is 0 Å². The van der Waals surface area contributed by atoms with Gasteiger partial charge in [-0.25, -0.2) is 4.79 Å². The van der Waals surface area contributed by atoms with Crippen LogP contribution in [0, 0.1) is 6.92 Å². The third-order valence-electron chi connectivity index (χ3n) is 7.59. The number of ketones is 2. The van der Waals surface area contributed by atoms with Gasteiger partial charge in [-0.1, -0.05) is 54.6 Å². The van der Waals surface area contributed by atoms with Crippen molar-refractivity contribution in [2.75, 3.05) is 11.9 Å². The molecule has 2 aromatic heterocycles. The van der Waals surface area contributed by atoms with Crippen LogP contribution in [0.4, 0.5) is 5.00 Å². The third-order valence-corrected chi connectivity index (χ3v) is 8.79. The zero-order chi connectivity index (χ0) is 34.5. The molecule has 0 saturated carbocycles. The van der Waals surface area contributed by atoms with Crippen LogP contribution >= 0.6 is 11.3 Å². The van der Waals surface area contributed by atoms with E-state index >= 15 is 0 Å². The highest BCUT2D eigenvalue weighted by Crippen LogP contribution is 2.28. The first-order valence-corrected chi connectivity index (χ1v) is 15.6. The van der Waals surface area contributed by atoms with Gasteiger partial charge in [0.15, 0.2) is 11.6 Å². The Morgan fingerprint density at radius 1 is 0.875 bits per heavy atom. The van der Waals surface area contributed by atoms with E-state index in [2.05, 4.69) is 15.3 Å². The molecule has 0 bridgehead atoms. The van der Waals surface area contributed by atoms with Crippen LogP contribution in [-0.2, 0) is 16.1 Å². The lowest BCUT2D eigenvalue weighted by Gasteiger charge is -2.17. The number of aliphatic carboxylic acids is 2. The van der Waals surface area contributed by atoms with E-state index in [9.17, 15) is 33.9 Å². The molecule has 0 saturated heterocycles. The number of aromatic nitrogens is 2. The first-order valence-electron chi connectivity index (χ1n) is 14.8. The molecule has 0 fully saturated rings. The smallest absolute Gasteiger partial charge is 0.326 e. The Kier molecular flexibility index (Phi) is 9.90. The molecule has 2 heterocycles. The number of carbonyl (C=O) groups is 5. The minimum Gasteiger partial charge on any atom is -0.481 e. The van der Waals surface area contributed by atoms with Crippen molar-refractivity contribution >= 4 is 56.7 Å². The van der Waals surface area contributed by atoms with Gasteiger partial charge in [0.1, 0.15) is 11.9 Å². The molecule has 13 heteroatoms. The first kappa shape index (κ1) is 33.4. The highest BCUT2D eigenvalue weighted by atomic mass is 32.1. The number of anilines is 1. The van der Waals surface area contributed by atoms with Crippen molar-refractivity contribution in [2.24, 2.45) is 0 Å². The molecule has 5 aromatic rings. The van der Waals surface area contributed by atoms with Gasteiger partial charge in [-0.15, -0.1) is 11.3 Å². The Balaban J connectivity index is 0.000000233. The second-order valence-electron chi connectivity index (χ2n) is 11.0. The quantitative estimate of drug-likeness (QED) is 0.172. The van der Waals surface area contributed by atoms with Crippen LogP contribution in [0.1, 0.15) is 65.7 Å². The summed E-state index contributed by atoms with van der Waals surface area (Å²) in [6, 6.07) is 21.4. The number of H-pyrrole nitrogens is 1. The molecule has 48 heavy (non-hydrogen) atoms. The third kappa shape index (κ3) is 7.37. The summed E-state index contributed by atoms with van der Waals surface area (Å²) in [7, 11) is 1.84. The van der Waals surface area contributed by atoms with Gasteiger partial charge in [0.25, 0.3) is 11.5 Å². The fourth-order valence-electron chi connectivity index (χ4n) is 5.22. The molecule has 1 aliphatic rings. The van der Waals surface area contributed by atoms with E-state index in [1.165, 1.54) is 11.3 Å². The molecule has 1 aliphatic carbocycles. The van der Waals surface area contributed by atoms with Gasteiger partial charge < -0.3 is 25.4 Å². The van der Waals surface area contributed by atoms with Gasteiger partial charge in [-0.05, 0) is 43.2 Å². The summed E-state index contributed by atoms with van der Waals surface area (Å²) in [5.41, 5.74) is 3.32. The van der Waals surface area contributed by atoms with E-state index in [1.54, 1.807) is 73.7 Å². The standard InChI is InChI=1S/C21H22N4O6S.C14H8O2/c1-11-22-14-4-3-12(9-13(14)19(28)23-11)10-25(2)17-7-6-16(32-17)20(29)24-15(21(30)31)5-8-18(26)27;15-13-9-5-1-2-6-10(9)14(16)12-8-4-3-7-11(12)13/h3-4,6-7,9,15H,5,8,10H2,1-2H3,(H,24,29)(H,26,27)(H,30,31)(H,22,23,28);1-8H/t15-;/m0./s1. The summed E-state index contributed by atoms with van der Waals surface area (Å²) < 4.78 is 0. The van der Waals surface area contributed by atoms with E-state index in [4.69, 9.17) is 5.11 Å². The normalized spacial score (nSPS) is 12.3. The number of benzene rings is 3. The van der Waals surface area contributed by atoms with Crippen molar-refractivity contribution < 1.29 is 34.2 Å². The molecule has 0 unspecified atom stereocenters. The maximum atomic E-state index is 12.4. The lowest BCUT2D eigenvalue weighted by atomic mass is 9.84. The molecule has 0 aliphatic heterocycles. The fraction of sp³-hybridized carbons (Fsp3) is 0.171. The van der Waals surface area contributed by atoms with Crippen molar-refractivity contribution in [3.05, 3.63) is 128 Å². The second-order valence-corrected chi connectivity index (χ2v) is 12.1. The number of aromatic amines is 1. The Labute approximate surface area is 277 Å². The number of fused-ring (bicyclic) bond motifs is 3. The van der Waals surface area contributed by atoms with Crippen molar-refractivity contribution in [1.82, 2.24) is 15.3 Å². The van der Waals surface area contributed by atoms with E-state index < -0.39 is 23.9 Å². The first-order chi connectivity index (χ1) is 22.9. The average molecular weight is 667 g/mol. The van der Waals surface area contributed by atoms with Crippen LogP contribution < -0.4 is 15.8 Å². The topological polar surface area (TPSA) is 187 Å². The number of rotatable bonds is 9. The minimum absolute atomic E-state index is 0.0641. The summed E-state index contributed by atoms with van der Waals surface area (Å²) >= 11 is 1.18. The number of carbonyl (C=O) groups excluding carboxylic acids is 3. The summed E-state index contributed by atoms with van der Waals surface area (Å²) in [6.45, 7) is 2.19. The van der Waals surface area contributed by atoms with Crippen molar-refractivity contribution in [2.45, 2.75) is 32.4 Å². The Morgan fingerprint density at radius 2 is 1.46 bits per heavy atom. The molecule has 4 N–H and O–H groups in total. The minimum atomic E-state index is -1.29. The Hall–Kier alpha value is -5.95. The predicted molar refractivity (Wildman–Crippen MR) is 179 cm³/mol. The van der Waals surface area contributed by atoms with Gasteiger partial charge in [-0.2, -0.15) is 4.98 Å². The highest BCUT2D eigenvalue weighted by molar-refractivity contribution is 7.18. The van der Waals surface area contributed by atoms with Gasteiger partial charge in [0.2, 0.25) is 0 Å². The van der Waals surface area contributed by atoms with Gasteiger partial charge in [0.05, 0.1) is 20.8 Å². The highest BCUT2D eigenvalue weighted by Gasteiger charge is 2.28. The van der Waals surface area contributed by atoms with Crippen molar-refractivity contribution in [3.8, 4) is 0 Å². The maximum absolute atomic E-state index is 12.4. The van der Waals surface area contributed by atoms with Gasteiger partial charge in [-0.3, -0.25) is 24.0 Å². The second kappa shape index (κ2) is 14.2. The van der Waals surface area contributed by atoms with Gasteiger partial charge in [0, 0.05) is 42.3 Å². The number of carboxylic acids is 2. The number of nitrogens with zero attached hydrogens (tertiary/aromatic N) is 2. The van der Waals surface area contributed by atoms with E-state index in [0.29, 0.717) is 50.4 Å². The molecular formula is C35H30N4O8S. The molecule has 0 radical (unpaired) electrons. The maximum Gasteiger partial charge on any atom is 0.326 e. The summed E-state index contributed by atoms with van der Waals surface area (Å²) in [5.74, 6) is -2.58. The van der Waals surface area contributed by atoms with E-state index in [0.717, 1.165) is 10.6 Å². The average Bonchev–Trinajstić information content (AvgIpc) is 3.57. The molecule has 12 nitrogen and oxygen atoms in total. The fourth-order valence-corrected chi connectivity index (χ4v) is 6.09. The number of nitrogens with one attached hydrogen (secondary N) is 2. The van der Waals surface area contributed by atoms with E-state index in [1.807, 2.05) is 24.1 Å². The van der Waals surface area contributed by atoms with Crippen molar-refractivity contribution in [1.29, 1.82) is 0 Å². The zero-order valence-electron chi connectivity index (χ0n) is 25.9. The van der Waals surface area contributed by atoms with Crippen LogP contribution in [0.25, 0.3) is 10.9 Å². The van der Waals surface area contributed by atoms with E-state index in [-0.39, 0.29) is 30.0 Å². The summed E-state index contributed by atoms with van der Waals surface area (Å²) in [5, 5.41) is 21.6. The Bertz CT molecular complexity index is 2030. The number of carboxylic acid groups (broad SMARTS) is 2. The van der Waals surface area contributed by atoms with Crippen LogP contribution in [-0.4, -0.2) is 62.7 Å². The molecule has 1 amide bonds. The molecule has 3 aromatic carbocycles. The van der Waals surface area contributed by atoms with Crippen LogP contribution in [0.5, 0.6) is 0 Å². The molecular weight excluding hydrogens is 636 g/mol. The SMILES string of the molecule is Cc1nc(=O)c2cc(CN(C)c3ccc(C(=O)N[C@@H](CCC(=O)O)C(=O)O)s3)ccc2[nH]1.O=C1c2ccccc2C(=O)c2ccccc21. The lowest BCUT2D eigenvalue weighted by molar-refractivity contribution is -0.140. The number of thiophene rings is 1. The predicted octanol–water partition coefficient (Wildman–Crippen LogP) is 4.44. The number of hydrogen-bond donors (Lipinski definition) is 4. The molecule has 1 atom stereocenters. The van der Waals surface area contributed by atoms with Crippen LogP contribution in [0.2, 0.25) is 0 Å². The summed E-state index contributed by atoms with van der Waals surface area (Å²) in [4.78, 5) is 79.9. The summed E-state index contributed by atoms with van der Waals surface area (Å²) in [6.07, 6.45) is -0.566. The van der Waals surface area contributed by atoms with Crippen molar-refractivity contribution in [3.63, 3.8) is 0 Å². The Morgan fingerprint density at radius 3 is 2.00 bits per heavy atom.